The summed E-state index contributed by atoms with van der Waals surface area (Å²) in [6, 6.07) is 0. The Labute approximate surface area is 112 Å². The first-order valence-electron chi connectivity index (χ1n) is 5.91. The maximum Gasteiger partial charge on any atom is 0.152 e. The standard InChI is InChI=1S/C11H17ClN2O3S/c1-3-9-8(6-15)10(12)14(13-9)11(2)4-5-18(16,17)7-11/h15H,3-7H2,1-2H3. The SMILES string of the molecule is CCc1nn(C2(C)CCS(=O)(=O)C2)c(Cl)c1CO. The minimum Gasteiger partial charge on any atom is -0.391 e. The Morgan fingerprint density at radius 2 is 2.22 bits per heavy atom. The molecule has 1 aliphatic rings. The van der Waals surface area contributed by atoms with Crippen LogP contribution in [0.5, 0.6) is 0 Å². The summed E-state index contributed by atoms with van der Waals surface area (Å²) >= 11 is 6.22. The highest BCUT2D eigenvalue weighted by atomic mass is 35.5. The number of aliphatic hydroxyl groups is 1. The van der Waals surface area contributed by atoms with E-state index in [9.17, 15) is 13.5 Å². The fourth-order valence-electron chi connectivity index (χ4n) is 2.43. The van der Waals surface area contributed by atoms with Crippen molar-refractivity contribution in [3.63, 3.8) is 0 Å². The molecule has 0 aromatic carbocycles. The van der Waals surface area contributed by atoms with Crippen LogP contribution < -0.4 is 0 Å². The molecule has 7 heteroatoms. The number of hydrogen-bond acceptors (Lipinski definition) is 4. The van der Waals surface area contributed by atoms with Crippen LogP contribution in [-0.4, -0.2) is 34.8 Å². The van der Waals surface area contributed by atoms with Crippen LogP contribution in [0.25, 0.3) is 0 Å². The zero-order valence-corrected chi connectivity index (χ0v) is 12.1. The third-order valence-corrected chi connectivity index (χ3v) is 5.77. The Morgan fingerprint density at radius 3 is 2.61 bits per heavy atom. The van der Waals surface area contributed by atoms with Crippen molar-refractivity contribution in [1.29, 1.82) is 0 Å². The fourth-order valence-corrected chi connectivity index (χ4v) is 4.95. The largest absolute Gasteiger partial charge is 0.391 e. The summed E-state index contributed by atoms with van der Waals surface area (Å²) in [6.45, 7) is 3.59. The summed E-state index contributed by atoms with van der Waals surface area (Å²) in [6.07, 6.45) is 1.16. The van der Waals surface area contributed by atoms with Crippen LogP contribution in [0.4, 0.5) is 0 Å². The summed E-state index contributed by atoms with van der Waals surface area (Å²) < 4.78 is 24.8. The molecule has 1 aromatic rings. The van der Waals surface area contributed by atoms with E-state index in [0.29, 0.717) is 23.6 Å². The van der Waals surface area contributed by atoms with Crippen LogP contribution in [0.1, 0.15) is 31.5 Å². The van der Waals surface area contributed by atoms with E-state index < -0.39 is 15.4 Å². The van der Waals surface area contributed by atoms with E-state index in [1.54, 1.807) is 4.68 Å². The van der Waals surface area contributed by atoms with Crippen molar-refractivity contribution in [3.8, 4) is 0 Å². The second-order valence-corrected chi connectivity index (χ2v) is 7.52. The minimum atomic E-state index is -3.02. The second-order valence-electron chi connectivity index (χ2n) is 4.98. The maximum atomic E-state index is 11.6. The monoisotopic (exact) mass is 292 g/mol. The summed E-state index contributed by atoms with van der Waals surface area (Å²) in [4.78, 5) is 0. The van der Waals surface area contributed by atoms with Crippen LogP contribution in [0.2, 0.25) is 5.15 Å². The zero-order chi connectivity index (χ0) is 13.6. The lowest BCUT2D eigenvalue weighted by Crippen LogP contribution is -2.32. The van der Waals surface area contributed by atoms with Gasteiger partial charge < -0.3 is 5.11 Å². The average Bonchev–Trinajstić information content (AvgIpc) is 2.77. The van der Waals surface area contributed by atoms with Crippen LogP contribution in [0, 0.1) is 0 Å². The number of aromatic nitrogens is 2. The van der Waals surface area contributed by atoms with Crippen molar-refractivity contribution in [2.75, 3.05) is 11.5 Å². The lowest BCUT2D eigenvalue weighted by molar-refractivity contribution is 0.279. The van der Waals surface area contributed by atoms with Crippen molar-refractivity contribution in [3.05, 3.63) is 16.4 Å². The quantitative estimate of drug-likeness (QED) is 0.906. The van der Waals surface area contributed by atoms with Gasteiger partial charge in [-0.3, -0.25) is 0 Å². The van der Waals surface area contributed by atoms with E-state index in [0.717, 1.165) is 5.69 Å². The molecule has 5 nitrogen and oxygen atoms in total. The number of aliphatic hydroxyl groups excluding tert-OH is 1. The Hall–Kier alpha value is -0.590. The van der Waals surface area contributed by atoms with Crippen molar-refractivity contribution >= 4 is 21.4 Å². The number of halogens is 1. The lowest BCUT2D eigenvalue weighted by atomic mass is 10.0. The molecule has 1 unspecified atom stereocenters. The van der Waals surface area contributed by atoms with Gasteiger partial charge >= 0.3 is 0 Å². The molecule has 102 valence electrons. The molecule has 0 bridgehead atoms. The highest BCUT2D eigenvalue weighted by molar-refractivity contribution is 7.91. The molecule has 1 fully saturated rings. The predicted octanol–water partition coefficient (Wildman–Crippen LogP) is 1.12. The first-order chi connectivity index (χ1) is 8.33. The van der Waals surface area contributed by atoms with Gasteiger partial charge in [-0.15, -0.1) is 0 Å². The van der Waals surface area contributed by atoms with Gasteiger partial charge in [0.1, 0.15) is 5.15 Å². The van der Waals surface area contributed by atoms with E-state index in [-0.39, 0.29) is 18.1 Å². The number of sulfone groups is 1. The van der Waals surface area contributed by atoms with Crippen LogP contribution >= 0.6 is 11.6 Å². The Bertz CT molecular complexity index is 567. The maximum absolute atomic E-state index is 11.6. The summed E-state index contributed by atoms with van der Waals surface area (Å²) in [7, 11) is -3.02. The summed E-state index contributed by atoms with van der Waals surface area (Å²) in [5.74, 6) is 0.213. The van der Waals surface area contributed by atoms with Gasteiger partial charge in [0.2, 0.25) is 0 Å². The number of rotatable bonds is 3. The molecule has 2 rings (SSSR count). The summed E-state index contributed by atoms with van der Waals surface area (Å²) in [5.41, 5.74) is 0.727. The Kier molecular flexibility index (Phi) is 3.46. The first kappa shape index (κ1) is 13.8. The number of nitrogens with zero attached hydrogens (tertiary/aromatic N) is 2. The molecule has 0 radical (unpaired) electrons. The third-order valence-electron chi connectivity index (χ3n) is 3.49. The average molecular weight is 293 g/mol. The highest BCUT2D eigenvalue weighted by Crippen LogP contribution is 2.35. The topological polar surface area (TPSA) is 72.2 Å². The zero-order valence-electron chi connectivity index (χ0n) is 10.5. The molecular weight excluding hydrogens is 276 g/mol. The van der Waals surface area contributed by atoms with E-state index in [1.165, 1.54) is 0 Å². The molecule has 0 aliphatic carbocycles. The minimum absolute atomic E-state index is 0.0510. The number of hydrogen-bond donors (Lipinski definition) is 1. The molecule has 1 aliphatic heterocycles. The Balaban J connectivity index is 2.49. The van der Waals surface area contributed by atoms with Crippen LogP contribution in [-0.2, 0) is 28.4 Å². The van der Waals surface area contributed by atoms with Crippen molar-refractivity contribution in [2.24, 2.45) is 0 Å². The van der Waals surface area contributed by atoms with E-state index in [1.807, 2.05) is 13.8 Å². The molecule has 0 saturated carbocycles. The van der Waals surface area contributed by atoms with Gasteiger partial charge in [-0.05, 0) is 19.8 Å². The van der Waals surface area contributed by atoms with Gasteiger partial charge in [0.15, 0.2) is 9.84 Å². The van der Waals surface area contributed by atoms with E-state index in [2.05, 4.69) is 5.10 Å². The number of aryl methyl sites for hydroxylation is 1. The summed E-state index contributed by atoms with van der Waals surface area (Å²) in [5, 5.41) is 14.1. The van der Waals surface area contributed by atoms with Gasteiger partial charge in [-0.1, -0.05) is 18.5 Å². The Morgan fingerprint density at radius 1 is 1.56 bits per heavy atom. The highest BCUT2D eigenvalue weighted by Gasteiger charge is 2.42. The van der Waals surface area contributed by atoms with Gasteiger partial charge in [0.25, 0.3) is 0 Å². The van der Waals surface area contributed by atoms with Gasteiger partial charge in [0, 0.05) is 5.56 Å². The molecule has 1 aromatic heterocycles. The van der Waals surface area contributed by atoms with E-state index in [4.69, 9.17) is 11.6 Å². The molecule has 0 spiro atoms. The molecule has 1 N–H and O–H groups in total. The normalized spacial score (nSPS) is 26.7. The van der Waals surface area contributed by atoms with Crippen LogP contribution in [0.3, 0.4) is 0 Å². The van der Waals surface area contributed by atoms with Crippen molar-refractivity contribution in [2.45, 2.75) is 38.8 Å². The van der Waals surface area contributed by atoms with Crippen molar-refractivity contribution < 1.29 is 13.5 Å². The molecule has 1 saturated heterocycles. The molecule has 1 atom stereocenters. The van der Waals surface area contributed by atoms with Crippen molar-refractivity contribution in [1.82, 2.24) is 9.78 Å². The smallest absolute Gasteiger partial charge is 0.152 e. The molecule has 2 heterocycles. The molecular formula is C11H17ClN2O3S. The van der Waals surface area contributed by atoms with Gasteiger partial charge in [-0.2, -0.15) is 5.10 Å². The van der Waals surface area contributed by atoms with Gasteiger partial charge in [0.05, 0.1) is 29.3 Å². The van der Waals surface area contributed by atoms with Crippen LogP contribution in [0.15, 0.2) is 0 Å². The second kappa shape index (κ2) is 4.51. The fraction of sp³-hybridized carbons (Fsp3) is 0.727. The van der Waals surface area contributed by atoms with E-state index >= 15 is 0 Å². The predicted molar refractivity (Wildman–Crippen MR) is 69.5 cm³/mol. The molecule has 0 amide bonds. The molecule has 18 heavy (non-hydrogen) atoms. The first-order valence-corrected chi connectivity index (χ1v) is 8.11. The third kappa shape index (κ3) is 2.17. The van der Waals surface area contributed by atoms with Gasteiger partial charge in [-0.25, -0.2) is 13.1 Å². The lowest BCUT2D eigenvalue weighted by Gasteiger charge is -2.23.